The molecule has 0 fully saturated rings. The summed E-state index contributed by atoms with van der Waals surface area (Å²) in [6.07, 6.45) is -4.47. The smallest absolute Gasteiger partial charge is 0.258 e. The summed E-state index contributed by atoms with van der Waals surface area (Å²) in [5.41, 5.74) is -0.855. The minimum Gasteiger partial charge on any atom is -0.258 e. The Hall–Kier alpha value is -1.54. The number of halogens is 4. The first-order chi connectivity index (χ1) is 9.77. The Balaban J connectivity index is 2.33. The van der Waals surface area contributed by atoms with E-state index in [-0.39, 0.29) is 10.6 Å². The van der Waals surface area contributed by atoms with Crippen molar-refractivity contribution in [3.63, 3.8) is 0 Å². The average molecular weight is 378 g/mol. The number of nitro groups is 1. The van der Waals surface area contributed by atoms with Crippen LogP contribution in [0.3, 0.4) is 0 Å². The van der Waals surface area contributed by atoms with Crippen molar-refractivity contribution in [1.82, 2.24) is 0 Å². The van der Waals surface area contributed by atoms with Gasteiger partial charge in [0.2, 0.25) is 0 Å². The fraction of sp³-hybridized carbons (Fsp3) is 0.0769. The number of nitro benzene ring substituents is 1. The lowest BCUT2D eigenvalue weighted by Crippen LogP contribution is -2.06. The highest BCUT2D eigenvalue weighted by Crippen LogP contribution is 2.40. The Bertz CT molecular complexity index is 674. The third kappa shape index (κ3) is 3.98. The number of non-ortho nitro benzene ring substituents is 1. The van der Waals surface area contributed by atoms with Crippen LogP contribution in [-0.2, 0) is 6.18 Å². The Morgan fingerprint density at radius 2 is 1.71 bits per heavy atom. The standard InChI is InChI=1S/C13H7BrF3NO2S/c14-8-1-6-12(11(7-8)13(15,16)17)21-10-4-2-9(3-5-10)18(19)20/h1-7H. The van der Waals surface area contributed by atoms with Gasteiger partial charge in [0.1, 0.15) is 0 Å². The minimum atomic E-state index is -4.47. The quantitative estimate of drug-likeness (QED) is 0.521. The van der Waals surface area contributed by atoms with Crippen molar-refractivity contribution in [2.45, 2.75) is 16.0 Å². The number of alkyl halides is 3. The van der Waals surface area contributed by atoms with Gasteiger partial charge in [0.05, 0.1) is 10.5 Å². The zero-order chi connectivity index (χ0) is 15.6. The van der Waals surface area contributed by atoms with E-state index in [1.54, 1.807) is 0 Å². The van der Waals surface area contributed by atoms with Crippen LogP contribution in [-0.4, -0.2) is 4.92 Å². The Labute approximate surface area is 130 Å². The van der Waals surface area contributed by atoms with Crippen LogP contribution in [0.4, 0.5) is 18.9 Å². The van der Waals surface area contributed by atoms with Gasteiger partial charge in [0.15, 0.2) is 0 Å². The largest absolute Gasteiger partial charge is 0.417 e. The van der Waals surface area contributed by atoms with Crippen LogP contribution in [0.15, 0.2) is 56.7 Å². The molecule has 0 aromatic heterocycles. The van der Waals surface area contributed by atoms with Crippen LogP contribution in [0, 0.1) is 10.1 Å². The van der Waals surface area contributed by atoms with Gasteiger partial charge in [-0.1, -0.05) is 27.7 Å². The van der Waals surface area contributed by atoms with Crippen molar-refractivity contribution >= 4 is 33.4 Å². The molecular weight excluding hydrogens is 371 g/mol. The maximum absolute atomic E-state index is 13.0. The third-order valence-electron chi connectivity index (χ3n) is 2.52. The SMILES string of the molecule is O=[N+]([O-])c1ccc(Sc2ccc(Br)cc2C(F)(F)F)cc1. The van der Waals surface area contributed by atoms with Crippen molar-refractivity contribution in [2.75, 3.05) is 0 Å². The van der Waals surface area contributed by atoms with Gasteiger partial charge in [-0.05, 0) is 30.3 Å². The molecule has 0 aliphatic rings. The van der Waals surface area contributed by atoms with E-state index in [1.165, 1.54) is 36.4 Å². The predicted octanol–water partition coefficient (Wildman–Crippen LogP) is 5.53. The van der Waals surface area contributed by atoms with Gasteiger partial charge in [-0.15, -0.1) is 0 Å². The number of hydrogen-bond acceptors (Lipinski definition) is 3. The summed E-state index contributed by atoms with van der Waals surface area (Å²) in [7, 11) is 0. The molecule has 0 bridgehead atoms. The highest BCUT2D eigenvalue weighted by molar-refractivity contribution is 9.10. The lowest BCUT2D eigenvalue weighted by atomic mass is 10.2. The van der Waals surface area contributed by atoms with Crippen LogP contribution < -0.4 is 0 Å². The van der Waals surface area contributed by atoms with Gasteiger partial charge >= 0.3 is 6.18 Å². The molecule has 3 nitrogen and oxygen atoms in total. The summed E-state index contributed by atoms with van der Waals surface area (Å²) in [6, 6.07) is 9.24. The van der Waals surface area contributed by atoms with Gasteiger partial charge in [-0.3, -0.25) is 10.1 Å². The lowest BCUT2D eigenvalue weighted by Gasteiger charge is -2.12. The van der Waals surface area contributed by atoms with Crippen molar-refractivity contribution in [2.24, 2.45) is 0 Å². The zero-order valence-corrected chi connectivity index (χ0v) is 12.6. The predicted molar refractivity (Wildman–Crippen MR) is 76.4 cm³/mol. The molecule has 21 heavy (non-hydrogen) atoms. The number of nitrogens with zero attached hydrogens (tertiary/aromatic N) is 1. The first kappa shape index (κ1) is 15.8. The number of hydrogen-bond donors (Lipinski definition) is 0. The fourth-order valence-corrected chi connectivity index (χ4v) is 2.88. The summed E-state index contributed by atoms with van der Waals surface area (Å²) >= 11 is 3.92. The maximum atomic E-state index is 13.0. The maximum Gasteiger partial charge on any atom is 0.417 e. The van der Waals surface area contributed by atoms with Crippen molar-refractivity contribution in [3.8, 4) is 0 Å². The minimum absolute atomic E-state index is 0.0413. The molecule has 0 radical (unpaired) electrons. The molecule has 0 spiro atoms. The summed E-state index contributed by atoms with van der Waals surface area (Å²) < 4.78 is 39.3. The number of rotatable bonds is 3. The molecule has 0 unspecified atom stereocenters. The van der Waals surface area contributed by atoms with Crippen molar-refractivity contribution in [3.05, 3.63) is 62.6 Å². The van der Waals surface area contributed by atoms with Gasteiger partial charge < -0.3 is 0 Å². The first-order valence-corrected chi connectivity index (χ1v) is 7.17. The molecule has 0 N–H and O–H groups in total. The van der Waals surface area contributed by atoms with Gasteiger partial charge in [-0.2, -0.15) is 13.2 Å². The van der Waals surface area contributed by atoms with E-state index < -0.39 is 16.7 Å². The Morgan fingerprint density at radius 1 is 1.10 bits per heavy atom. The highest BCUT2D eigenvalue weighted by atomic mass is 79.9. The first-order valence-electron chi connectivity index (χ1n) is 5.56. The summed E-state index contributed by atoms with van der Waals surface area (Å²) in [6.45, 7) is 0. The molecule has 0 aliphatic carbocycles. The van der Waals surface area contributed by atoms with Gasteiger partial charge in [0.25, 0.3) is 5.69 Å². The molecule has 0 atom stereocenters. The van der Waals surface area contributed by atoms with Crippen LogP contribution >= 0.6 is 27.7 Å². The lowest BCUT2D eigenvalue weighted by molar-refractivity contribution is -0.384. The second kappa shape index (κ2) is 6.07. The van der Waals surface area contributed by atoms with Crippen molar-refractivity contribution < 1.29 is 18.1 Å². The van der Waals surface area contributed by atoms with Crippen LogP contribution in [0.25, 0.3) is 0 Å². The van der Waals surface area contributed by atoms with Crippen LogP contribution in [0.1, 0.15) is 5.56 Å². The Kier molecular flexibility index (Phi) is 4.58. The second-order valence-electron chi connectivity index (χ2n) is 3.99. The molecule has 0 aliphatic heterocycles. The molecular formula is C13H7BrF3NO2S. The Morgan fingerprint density at radius 3 is 2.24 bits per heavy atom. The summed E-state index contributed by atoms with van der Waals surface area (Å²) in [5.74, 6) is 0. The van der Waals surface area contributed by atoms with E-state index in [1.807, 2.05) is 0 Å². The van der Waals surface area contributed by atoms with Gasteiger partial charge in [-0.25, -0.2) is 0 Å². The molecule has 0 saturated carbocycles. The molecule has 0 saturated heterocycles. The second-order valence-corrected chi connectivity index (χ2v) is 6.02. The van der Waals surface area contributed by atoms with Crippen molar-refractivity contribution in [1.29, 1.82) is 0 Å². The molecule has 2 aromatic rings. The van der Waals surface area contributed by atoms with Gasteiger partial charge in [0, 0.05) is 26.4 Å². The third-order valence-corrected chi connectivity index (χ3v) is 4.10. The molecule has 8 heteroatoms. The molecule has 2 rings (SSSR count). The van der Waals surface area contributed by atoms with Crippen LogP contribution in [0.5, 0.6) is 0 Å². The summed E-state index contributed by atoms with van der Waals surface area (Å²) in [5, 5.41) is 10.5. The summed E-state index contributed by atoms with van der Waals surface area (Å²) in [4.78, 5) is 10.5. The monoisotopic (exact) mass is 377 g/mol. The van der Waals surface area contributed by atoms with E-state index in [0.29, 0.717) is 9.37 Å². The molecule has 2 aromatic carbocycles. The number of benzene rings is 2. The average Bonchev–Trinajstić information content (AvgIpc) is 2.40. The molecule has 110 valence electrons. The zero-order valence-electron chi connectivity index (χ0n) is 10.2. The topological polar surface area (TPSA) is 43.1 Å². The molecule has 0 heterocycles. The van der Waals surface area contributed by atoms with E-state index in [2.05, 4.69) is 15.9 Å². The normalized spacial score (nSPS) is 11.4. The highest BCUT2D eigenvalue weighted by Gasteiger charge is 2.33. The van der Waals surface area contributed by atoms with E-state index in [0.717, 1.165) is 17.8 Å². The molecule has 0 amide bonds. The van der Waals surface area contributed by atoms with E-state index in [9.17, 15) is 23.3 Å². The van der Waals surface area contributed by atoms with E-state index in [4.69, 9.17) is 0 Å². The van der Waals surface area contributed by atoms with Crippen LogP contribution in [0.2, 0.25) is 0 Å². The van der Waals surface area contributed by atoms with E-state index >= 15 is 0 Å². The fourth-order valence-electron chi connectivity index (χ4n) is 1.58.